The minimum Gasteiger partial charge on any atom is -0.462 e. The number of amides is 1. The molecule has 0 radical (unpaired) electrons. The van der Waals surface area contributed by atoms with E-state index in [4.69, 9.17) is 4.74 Å². The van der Waals surface area contributed by atoms with Crippen LogP contribution in [0.25, 0.3) is 11.4 Å². The zero-order valence-electron chi connectivity index (χ0n) is 19.9. The number of esters is 1. The number of ether oxygens (including phenoxy) is 1. The third kappa shape index (κ3) is 5.50. The smallest absolute Gasteiger partial charge is 0.341 e. The fourth-order valence-electron chi connectivity index (χ4n) is 3.58. The van der Waals surface area contributed by atoms with Crippen molar-refractivity contribution >= 4 is 51.3 Å². The Morgan fingerprint density at radius 1 is 1.15 bits per heavy atom. The number of anilines is 1. The maximum absolute atomic E-state index is 12.8. The van der Waals surface area contributed by atoms with Crippen LogP contribution in [0.4, 0.5) is 5.00 Å². The molecule has 1 N–H and O–H groups in total. The monoisotopic (exact) mass is 506 g/mol. The molecule has 3 aromatic heterocycles. The molecule has 0 unspecified atom stereocenters. The maximum Gasteiger partial charge on any atom is 0.341 e. The van der Waals surface area contributed by atoms with Gasteiger partial charge < -0.3 is 14.6 Å². The van der Waals surface area contributed by atoms with E-state index in [2.05, 4.69) is 46.2 Å². The van der Waals surface area contributed by atoms with Crippen molar-refractivity contribution in [1.82, 2.24) is 14.8 Å². The summed E-state index contributed by atoms with van der Waals surface area (Å²) in [7, 11) is 0. The minimum absolute atomic E-state index is 0.170. The molecule has 0 bridgehead atoms. The van der Waals surface area contributed by atoms with Crippen molar-refractivity contribution in [3.05, 3.63) is 31.8 Å². The van der Waals surface area contributed by atoms with Crippen molar-refractivity contribution in [3.63, 3.8) is 0 Å². The first-order valence-corrected chi connectivity index (χ1v) is 13.7. The van der Waals surface area contributed by atoms with Crippen LogP contribution in [0.1, 0.15) is 58.4 Å². The fraction of sp³-hybridized carbons (Fsp3) is 0.478. The number of thioether (sulfide) groups is 1. The van der Waals surface area contributed by atoms with Gasteiger partial charge in [-0.3, -0.25) is 4.79 Å². The lowest BCUT2D eigenvalue weighted by molar-refractivity contribution is -0.113. The Balaban J connectivity index is 1.77. The van der Waals surface area contributed by atoms with E-state index in [1.54, 1.807) is 18.3 Å². The second-order valence-electron chi connectivity index (χ2n) is 7.54. The molecule has 3 heterocycles. The second-order valence-corrected chi connectivity index (χ2v) is 10.8. The number of thiophene rings is 2. The van der Waals surface area contributed by atoms with E-state index in [1.807, 2.05) is 13.8 Å². The van der Waals surface area contributed by atoms with E-state index in [1.165, 1.54) is 33.5 Å². The normalized spacial score (nSPS) is 11.1. The number of aromatic nitrogens is 3. The summed E-state index contributed by atoms with van der Waals surface area (Å²) in [5.41, 5.74) is 3.70. The summed E-state index contributed by atoms with van der Waals surface area (Å²) in [4.78, 5) is 27.4. The molecule has 0 spiro atoms. The van der Waals surface area contributed by atoms with Gasteiger partial charge in [-0.2, -0.15) is 0 Å². The van der Waals surface area contributed by atoms with Crippen molar-refractivity contribution in [3.8, 4) is 11.4 Å². The summed E-state index contributed by atoms with van der Waals surface area (Å²) in [5.74, 6) is 0.422. The van der Waals surface area contributed by atoms with Crippen LogP contribution in [0, 0.1) is 20.8 Å². The van der Waals surface area contributed by atoms with Crippen LogP contribution in [0.3, 0.4) is 0 Å². The molecule has 0 saturated carbocycles. The lowest BCUT2D eigenvalue weighted by Gasteiger charge is -2.10. The van der Waals surface area contributed by atoms with E-state index in [0.717, 1.165) is 46.4 Å². The molecule has 0 saturated heterocycles. The summed E-state index contributed by atoms with van der Waals surface area (Å²) in [5, 5.41) is 15.2. The quantitative estimate of drug-likeness (QED) is 0.273. The Morgan fingerprint density at radius 3 is 2.58 bits per heavy atom. The average molecular weight is 507 g/mol. The molecule has 10 heteroatoms. The van der Waals surface area contributed by atoms with Gasteiger partial charge in [0.2, 0.25) is 5.91 Å². The van der Waals surface area contributed by atoms with Crippen molar-refractivity contribution in [1.29, 1.82) is 0 Å². The van der Waals surface area contributed by atoms with Crippen LogP contribution in [0.15, 0.2) is 10.5 Å². The van der Waals surface area contributed by atoms with Gasteiger partial charge in [-0.15, -0.1) is 32.9 Å². The first-order chi connectivity index (χ1) is 15.8. The van der Waals surface area contributed by atoms with Gasteiger partial charge in [-0.25, -0.2) is 4.79 Å². The molecular formula is C23H30N4O3S3. The van der Waals surface area contributed by atoms with Crippen LogP contribution >= 0.6 is 34.4 Å². The highest BCUT2D eigenvalue weighted by Crippen LogP contribution is 2.34. The zero-order valence-corrected chi connectivity index (χ0v) is 22.4. The fourth-order valence-corrected chi connectivity index (χ4v) is 6.35. The van der Waals surface area contributed by atoms with Gasteiger partial charge in [0.15, 0.2) is 11.0 Å². The number of nitrogens with zero attached hydrogens (tertiary/aromatic N) is 3. The van der Waals surface area contributed by atoms with Gasteiger partial charge in [-0.05, 0) is 51.7 Å². The van der Waals surface area contributed by atoms with E-state index in [-0.39, 0.29) is 18.3 Å². The SMILES string of the molecule is CCCn1c(SCC(=O)Nc2sc(C)c(C)c2C(=O)OCC)nnc1-c1csc(C)c1CC. The molecule has 1 amide bonds. The number of hydrogen-bond donors (Lipinski definition) is 1. The predicted octanol–water partition coefficient (Wildman–Crippen LogP) is 5.87. The Morgan fingerprint density at radius 2 is 1.91 bits per heavy atom. The minimum atomic E-state index is -0.410. The summed E-state index contributed by atoms with van der Waals surface area (Å²) in [6.07, 6.45) is 1.88. The molecule has 0 atom stereocenters. The molecule has 33 heavy (non-hydrogen) atoms. The molecule has 7 nitrogen and oxygen atoms in total. The number of carbonyl (C=O) groups is 2. The van der Waals surface area contributed by atoms with E-state index in [9.17, 15) is 9.59 Å². The van der Waals surface area contributed by atoms with Crippen molar-refractivity contribution in [2.75, 3.05) is 17.7 Å². The number of hydrogen-bond acceptors (Lipinski definition) is 8. The highest BCUT2D eigenvalue weighted by Gasteiger charge is 2.23. The van der Waals surface area contributed by atoms with E-state index in [0.29, 0.717) is 10.6 Å². The highest BCUT2D eigenvalue weighted by molar-refractivity contribution is 7.99. The summed E-state index contributed by atoms with van der Waals surface area (Å²) in [6, 6.07) is 0. The van der Waals surface area contributed by atoms with Crippen molar-refractivity contribution in [2.24, 2.45) is 0 Å². The third-order valence-electron chi connectivity index (χ3n) is 5.31. The van der Waals surface area contributed by atoms with Gasteiger partial charge in [0.1, 0.15) is 5.00 Å². The van der Waals surface area contributed by atoms with Gasteiger partial charge in [0.05, 0.1) is 17.9 Å². The molecular weight excluding hydrogens is 476 g/mol. The van der Waals surface area contributed by atoms with Crippen molar-refractivity contribution < 1.29 is 14.3 Å². The Bertz CT molecular complexity index is 1150. The van der Waals surface area contributed by atoms with Crippen LogP contribution in [0.2, 0.25) is 0 Å². The molecule has 0 aliphatic heterocycles. The maximum atomic E-state index is 12.8. The molecule has 0 aliphatic carbocycles. The van der Waals surface area contributed by atoms with Gasteiger partial charge in [0.25, 0.3) is 0 Å². The lowest BCUT2D eigenvalue weighted by Crippen LogP contribution is -2.17. The Hall–Kier alpha value is -2.17. The average Bonchev–Trinajstić information content (AvgIpc) is 3.42. The van der Waals surface area contributed by atoms with Crippen LogP contribution in [0.5, 0.6) is 0 Å². The van der Waals surface area contributed by atoms with Crippen LogP contribution < -0.4 is 5.32 Å². The van der Waals surface area contributed by atoms with Gasteiger partial charge in [0, 0.05) is 27.2 Å². The molecule has 3 rings (SSSR count). The first kappa shape index (κ1) is 25.5. The number of rotatable bonds is 10. The summed E-state index contributed by atoms with van der Waals surface area (Å²) >= 11 is 4.47. The predicted molar refractivity (Wildman–Crippen MR) is 137 cm³/mol. The van der Waals surface area contributed by atoms with E-state index >= 15 is 0 Å². The Labute approximate surface area is 207 Å². The second kappa shape index (κ2) is 11.3. The zero-order chi connectivity index (χ0) is 24.1. The summed E-state index contributed by atoms with van der Waals surface area (Å²) in [6.45, 7) is 13.0. The topological polar surface area (TPSA) is 86.1 Å². The van der Waals surface area contributed by atoms with Gasteiger partial charge in [-0.1, -0.05) is 25.6 Å². The summed E-state index contributed by atoms with van der Waals surface area (Å²) < 4.78 is 7.27. The Kier molecular flexibility index (Phi) is 8.72. The lowest BCUT2D eigenvalue weighted by atomic mass is 10.1. The largest absolute Gasteiger partial charge is 0.462 e. The van der Waals surface area contributed by atoms with E-state index < -0.39 is 5.97 Å². The number of carbonyl (C=O) groups excluding carboxylic acids is 2. The standard InChI is InChI=1S/C23H30N4O3S3/c1-7-10-27-20(17-11-31-15(6)16(17)8-2)25-26-23(27)32-12-18(28)24-21-19(22(29)30-9-3)13(4)14(5)33-21/h11H,7-10,12H2,1-6H3,(H,24,28). The molecule has 0 aromatic carbocycles. The first-order valence-electron chi connectivity index (χ1n) is 11.0. The molecule has 0 fully saturated rings. The highest BCUT2D eigenvalue weighted by atomic mass is 32.2. The van der Waals surface area contributed by atoms with Crippen molar-refractivity contribution in [2.45, 2.75) is 66.1 Å². The molecule has 3 aromatic rings. The van der Waals surface area contributed by atoms with Gasteiger partial charge >= 0.3 is 5.97 Å². The molecule has 178 valence electrons. The number of aryl methyl sites for hydroxylation is 2. The third-order valence-corrected chi connectivity index (χ3v) is 8.36. The van der Waals surface area contributed by atoms with Crippen LogP contribution in [-0.4, -0.2) is 39.0 Å². The molecule has 0 aliphatic rings. The number of nitrogens with one attached hydrogen (secondary N) is 1. The van der Waals surface area contributed by atoms with Crippen LogP contribution in [-0.2, 0) is 22.5 Å².